The number of rotatable bonds is 3. The van der Waals surface area contributed by atoms with Gasteiger partial charge in [-0.3, -0.25) is 4.79 Å². The van der Waals surface area contributed by atoms with Crippen molar-refractivity contribution in [3.63, 3.8) is 0 Å². The SMILES string of the molecule is CC1(C)C[C@@H]2C[C@@](C)(CN2C(=O)CNc2ccc(Br)cc2)C1. The molecular formula is C18H25BrN2O. The number of amides is 1. The standard InChI is InChI=1S/C18H25BrN2O/c1-17(2)8-15-9-18(3,11-17)12-21(15)16(22)10-20-14-6-4-13(19)5-7-14/h4-7,15,20H,8-12H2,1-3H3/t15-,18-/m1/s1. The van der Waals surface area contributed by atoms with E-state index in [1.165, 1.54) is 12.8 Å². The Morgan fingerprint density at radius 2 is 1.95 bits per heavy atom. The van der Waals surface area contributed by atoms with Gasteiger partial charge in [0.25, 0.3) is 0 Å². The van der Waals surface area contributed by atoms with Gasteiger partial charge in [-0.1, -0.05) is 36.7 Å². The van der Waals surface area contributed by atoms with Crippen LogP contribution < -0.4 is 5.32 Å². The number of halogens is 1. The Hall–Kier alpha value is -1.03. The molecule has 0 unspecified atom stereocenters. The Kier molecular flexibility index (Phi) is 4.00. The maximum Gasteiger partial charge on any atom is 0.242 e. The quantitative estimate of drug-likeness (QED) is 0.867. The minimum absolute atomic E-state index is 0.231. The lowest BCUT2D eigenvalue weighted by atomic mass is 9.65. The van der Waals surface area contributed by atoms with Crippen LogP contribution in [0.15, 0.2) is 28.7 Å². The molecule has 1 N–H and O–H groups in total. The molecule has 3 rings (SSSR count). The van der Waals surface area contributed by atoms with Crippen LogP contribution in [0.25, 0.3) is 0 Å². The zero-order valence-electron chi connectivity index (χ0n) is 13.7. The molecule has 1 saturated carbocycles. The Morgan fingerprint density at radius 3 is 2.64 bits per heavy atom. The van der Waals surface area contributed by atoms with Crippen LogP contribution in [0.1, 0.15) is 40.0 Å². The predicted molar refractivity (Wildman–Crippen MR) is 93.9 cm³/mol. The van der Waals surface area contributed by atoms with Crippen LogP contribution >= 0.6 is 15.9 Å². The van der Waals surface area contributed by atoms with Crippen molar-refractivity contribution in [1.29, 1.82) is 0 Å². The van der Waals surface area contributed by atoms with Crippen molar-refractivity contribution in [2.45, 2.75) is 46.1 Å². The van der Waals surface area contributed by atoms with Gasteiger partial charge in [0.05, 0.1) is 6.54 Å². The first-order valence-electron chi connectivity index (χ1n) is 8.05. The summed E-state index contributed by atoms with van der Waals surface area (Å²) in [7, 11) is 0. The predicted octanol–water partition coefficient (Wildman–Crippen LogP) is 4.29. The number of likely N-dealkylation sites (tertiary alicyclic amines) is 1. The van der Waals surface area contributed by atoms with Crippen LogP contribution in [-0.4, -0.2) is 29.9 Å². The molecule has 1 heterocycles. The average molecular weight is 365 g/mol. The van der Waals surface area contributed by atoms with Gasteiger partial charge < -0.3 is 10.2 Å². The molecule has 3 nitrogen and oxygen atoms in total. The smallest absolute Gasteiger partial charge is 0.242 e. The van der Waals surface area contributed by atoms with Gasteiger partial charge >= 0.3 is 0 Å². The molecule has 22 heavy (non-hydrogen) atoms. The summed E-state index contributed by atoms with van der Waals surface area (Å²) in [6.07, 6.45) is 3.52. The summed E-state index contributed by atoms with van der Waals surface area (Å²) in [6, 6.07) is 8.38. The monoisotopic (exact) mass is 364 g/mol. The van der Waals surface area contributed by atoms with Crippen LogP contribution in [0.5, 0.6) is 0 Å². The molecule has 0 radical (unpaired) electrons. The Labute approximate surface area is 141 Å². The lowest BCUT2D eigenvalue weighted by Gasteiger charge is -2.39. The molecule has 2 bridgehead atoms. The highest BCUT2D eigenvalue weighted by molar-refractivity contribution is 9.10. The second-order valence-electron chi connectivity index (χ2n) is 8.10. The molecule has 1 aliphatic heterocycles. The van der Waals surface area contributed by atoms with Crippen molar-refractivity contribution in [3.8, 4) is 0 Å². The first-order valence-corrected chi connectivity index (χ1v) is 8.85. The van der Waals surface area contributed by atoms with Gasteiger partial charge in [0, 0.05) is 22.7 Å². The van der Waals surface area contributed by atoms with E-state index in [-0.39, 0.29) is 5.91 Å². The van der Waals surface area contributed by atoms with Crippen LogP contribution in [-0.2, 0) is 4.79 Å². The van der Waals surface area contributed by atoms with Crippen LogP contribution in [0.3, 0.4) is 0 Å². The van der Waals surface area contributed by atoms with E-state index < -0.39 is 0 Å². The summed E-state index contributed by atoms with van der Waals surface area (Å²) in [5.74, 6) is 0.231. The Balaban J connectivity index is 1.62. The summed E-state index contributed by atoms with van der Waals surface area (Å²) in [4.78, 5) is 14.8. The third-order valence-electron chi connectivity index (χ3n) is 5.02. The van der Waals surface area contributed by atoms with Crippen LogP contribution in [0.4, 0.5) is 5.69 Å². The first kappa shape index (κ1) is 15.9. The largest absolute Gasteiger partial charge is 0.376 e. The number of fused-ring (bicyclic) bond motifs is 2. The highest BCUT2D eigenvalue weighted by atomic mass is 79.9. The zero-order chi connectivity index (χ0) is 16.0. The number of hydrogen-bond acceptors (Lipinski definition) is 2. The molecule has 1 saturated heterocycles. The van der Waals surface area contributed by atoms with Gasteiger partial charge in [-0.2, -0.15) is 0 Å². The lowest BCUT2D eigenvalue weighted by Crippen LogP contribution is -2.40. The van der Waals surface area contributed by atoms with E-state index in [1.54, 1.807) is 0 Å². The third kappa shape index (κ3) is 3.32. The number of carbonyl (C=O) groups is 1. The molecule has 0 aromatic heterocycles. The molecular weight excluding hydrogens is 340 g/mol. The Morgan fingerprint density at radius 1 is 1.27 bits per heavy atom. The van der Waals surface area contributed by atoms with Gasteiger partial charge in [-0.05, 0) is 54.4 Å². The molecule has 2 fully saturated rings. The van der Waals surface area contributed by atoms with Gasteiger partial charge in [-0.15, -0.1) is 0 Å². The Bertz CT molecular complexity index is 569. The number of benzene rings is 1. The fraction of sp³-hybridized carbons (Fsp3) is 0.611. The summed E-state index contributed by atoms with van der Waals surface area (Å²) < 4.78 is 1.05. The third-order valence-corrected chi connectivity index (χ3v) is 5.55. The fourth-order valence-corrected chi connectivity index (χ4v) is 4.86. The van der Waals surface area contributed by atoms with E-state index in [2.05, 4.69) is 46.9 Å². The molecule has 0 spiro atoms. The minimum atomic E-state index is 0.231. The van der Waals surface area contributed by atoms with Gasteiger partial charge in [0.2, 0.25) is 5.91 Å². The average Bonchev–Trinajstić information content (AvgIpc) is 2.67. The van der Waals surface area contributed by atoms with Crippen molar-refractivity contribution >= 4 is 27.5 Å². The maximum absolute atomic E-state index is 12.6. The second-order valence-corrected chi connectivity index (χ2v) is 9.01. The van der Waals surface area contributed by atoms with E-state index in [0.29, 0.717) is 23.4 Å². The number of carbonyl (C=O) groups excluding carboxylic acids is 1. The lowest BCUT2D eigenvalue weighted by molar-refractivity contribution is -0.130. The molecule has 2 atom stereocenters. The van der Waals surface area contributed by atoms with E-state index >= 15 is 0 Å². The highest BCUT2D eigenvalue weighted by Crippen LogP contribution is 2.52. The normalized spacial score (nSPS) is 29.5. The molecule has 120 valence electrons. The highest BCUT2D eigenvalue weighted by Gasteiger charge is 2.50. The summed E-state index contributed by atoms with van der Waals surface area (Å²) in [6.45, 7) is 8.32. The van der Waals surface area contributed by atoms with Crippen LogP contribution in [0.2, 0.25) is 0 Å². The van der Waals surface area contributed by atoms with E-state index in [1.807, 2.05) is 24.3 Å². The van der Waals surface area contributed by atoms with Gasteiger partial charge in [0.15, 0.2) is 0 Å². The van der Waals surface area contributed by atoms with Gasteiger partial charge in [0.1, 0.15) is 0 Å². The van der Waals surface area contributed by atoms with E-state index in [9.17, 15) is 4.79 Å². The molecule has 1 amide bonds. The maximum atomic E-state index is 12.6. The number of nitrogens with one attached hydrogen (secondary N) is 1. The van der Waals surface area contributed by atoms with Crippen molar-refractivity contribution < 1.29 is 4.79 Å². The zero-order valence-corrected chi connectivity index (χ0v) is 15.2. The number of nitrogens with zero attached hydrogens (tertiary/aromatic N) is 1. The van der Waals surface area contributed by atoms with Crippen molar-refractivity contribution in [3.05, 3.63) is 28.7 Å². The number of hydrogen-bond donors (Lipinski definition) is 1. The van der Waals surface area contributed by atoms with Gasteiger partial charge in [-0.25, -0.2) is 0 Å². The fourth-order valence-electron chi connectivity index (χ4n) is 4.60. The molecule has 1 aromatic carbocycles. The van der Waals surface area contributed by atoms with E-state index in [0.717, 1.165) is 23.1 Å². The topological polar surface area (TPSA) is 32.3 Å². The summed E-state index contributed by atoms with van der Waals surface area (Å²) >= 11 is 3.42. The summed E-state index contributed by atoms with van der Waals surface area (Å²) in [5.41, 5.74) is 1.65. The van der Waals surface area contributed by atoms with Crippen molar-refractivity contribution in [1.82, 2.24) is 4.90 Å². The van der Waals surface area contributed by atoms with Crippen molar-refractivity contribution in [2.24, 2.45) is 10.8 Å². The molecule has 1 aromatic rings. The molecule has 4 heteroatoms. The first-order chi connectivity index (χ1) is 10.3. The number of anilines is 1. The van der Waals surface area contributed by atoms with Crippen LogP contribution in [0, 0.1) is 10.8 Å². The van der Waals surface area contributed by atoms with E-state index in [4.69, 9.17) is 0 Å². The van der Waals surface area contributed by atoms with Crippen molar-refractivity contribution in [2.75, 3.05) is 18.4 Å². The minimum Gasteiger partial charge on any atom is -0.376 e. The summed E-state index contributed by atoms with van der Waals surface area (Å²) in [5, 5.41) is 3.25. The molecule has 2 aliphatic rings. The second kappa shape index (κ2) is 5.55. The molecule has 1 aliphatic carbocycles.